The minimum atomic E-state index is -1.03. The molecule has 0 saturated carbocycles. The molecule has 1 aliphatic heterocycles. The van der Waals surface area contributed by atoms with E-state index >= 15 is 0 Å². The molecule has 1 saturated heterocycles. The smallest absolute Gasteiger partial charge is 0.414 e. The van der Waals surface area contributed by atoms with Crippen molar-refractivity contribution >= 4 is 23.4 Å². The third kappa shape index (κ3) is 3.72. The molecule has 1 aliphatic rings. The van der Waals surface area contributed by atoms with Crippen LogP contribution in [0.3, 0.4) is 0 Å². The summed E-state index contributed by atoms with van der Waals surface area (Å²) in [5.74, 6) is -0.570. The molecule has 0 aromatic heterocycles. The van der Waals surface area contributed by atoms with Gasteiger partial charge in [0.2, 0.25) is 0 Å². The van der Waals surface area contributed by atoms with Gasteiger partial charge in [-0.25, -0.2) is 9.59 Å². The van der Waals surface area contributed by atoms with E-state index in [1.54, 1.807) is 0 Å². The lowest BCUT2D eigenvalue weighted by Crippen LogP contribution is -2.26. The van der Waals surface area contributed by atoms with Crippen LogP contribution in [-0.2, 0) is 4.74 Å². The van der Waals surface area contributed by atoms with Crippen LogP contribution in [-0.4, -0.2) is 41.3 Å². The van der Waals surface area contributed by atoms with Crippen molar-refractivity contribution in [2.75, 3.05) is 18.1 Å². The van der Waals surface area contributed by atoms with E-state index in [0.717, 1.165) is 0 Å². The predicted molar refractivity (Wildman–Crippen MR) is 89.6 cm³/mol. The molecule has 0 aliphatic carbocycles. The zero-order chi connectivity index (χ0) is 18.7. The minimum Gasteiger partial charge on any atom is -0.490 e. The van der Waals surface area contributed by atoms with Gasteiger partial charge in [0.1, 0.15) is 12.4 Å². The van der Waals surface area contributed by atoms with Crippen LogP contribution in [0.5, 0.6) is 5.75 Å². The Hall–Kier alpha value is -3.62. The van der Waals surface area contributed by atoms with Gasteiger partial charge >= 0.3 is 12.1 Å². The van der Waals surface area contributed by atoms with Gasteiger partial charge in [-0.2, -0.15) is 0 Å². The second-order valence-electron chi connectivity index (χ2n) is 5.53. The molecule has 1 N–H and O–H groups in total. The Bertz CT molecular complexity index is 833. The number of benzene rings is 2. The number of nitrogens with zero attached hydrogens (tertiary/aromatic N) is 2. The van der Waals surface area contributed by atoms with Crippen LogP contribution < -0.4 is 9.64 Å². The number of ether oxygens (including phenoxy) is 2. The Balaban J connectivity index is 1.59. The maximum atomic E-state index is 12.0. The topological polar surface area (TPSA) is 119 Å². The average Bonchev–Trinajstić information content (AvgIpc) is 3.01. The van der Waals surface area contributed by atoms with E-state index in [1.807, 2.05) is 0 Å². The molecule has 1 unspecified atom stereocenters. The Morgan fingerprint density at radius 2 is 1.88 bits per heavy atom. The quantitative estimate of drug-likeness (QED) is 0.623. The summed E-state index contributed by atoms with van der Waals surface area (Å²) in [6, 6.07) is 11.5. The fourth-order valence-corrected chi connectivity index (χ4v) is 2.46. The standard InChI is InChI=1S/C17H14N2O7/c20-16(21)11-1-7-14(8-2-11)25-10-15-9-18(17(22)26-15)12-3-5-13(6-4-12)19(23)24/h1-8,15H,9-10H2,(H,20,21). The predicted octanol–water partition coefficient (Wildman–Crippen LogP) is 2.70. The molecule has 0 radical (unpaired) electrons. The van der Waals surface area contributed by atoms with Gasteiger partial charge in [-0.1, -0.05) is 0 Å². The van der Waals surface area contributed by atoms with Gasteiger partial charge < -0.3 is 14.6 Å². The summed E-state index contributed by atoms with van der Waals surface area (Å²) in [6.07, 6.45) is -1.08. The monoisotopic (exact) mass is 358 g/mol. The van der Waals surface area contributed by atoms with E-state index in [1.165, 1.54) is 53.4 Å². The van der Waals surface area contributed by atoms with Crippen molar-refractivity contribution in [3.05, 3.63) is 64.2 Å². The van der Waals surface area contributed by atoms with Gasteiger partial charge in [-0.05, 0) is 36.4 Å². The molecule has 9 heteroatoms. The third-order valence-corrected chi connectivity index (χ3v) is 3.78. The van der Waals surface area contributed by atoms with Crippen molar-refractivity contribution in [1.82, 2.24) is 0 Å². The summed E-state index contributed by atoms with van der Waals surface area (Å²) in [5.41, 5.74) is 0.578. The number of carbonyl (C=O) groups is 2. The lowest BCUT2D eigenvalue weighted by atomic mass is 10.2. The van der Waals surface area contributed by atoms with Gasteiger partial charge in [0.25, 0.3) is 5.69 Å². The van der Waals surface area contributed by atoms with Gasteiger partial charge in [-0.15, -0.1) is 0 Å². The number of carboxylic acid groups (broad SMARTS) is 1. The van der Waals surface area contributed by atoms with Crippen LogP contribution in [0.1, 0.15) is 10.4 Å². The van der Waals surface area contributed by atoms with E-state index in [0.29, 0.717) is 11.4 Å². The number of anilines is 1. The van der Waals surface area contributed by atoms with Crippen molar-refractivity contribution < 1.29 is 29.1 Å². The van der Waals surface area contributed by atoms with Gasteiger partial charge in [-0.3, -0.25) is 15.0 Å². The van der Waals surface area contributed by atoms with E-state index in [-0.39, 0.29) is 24.4 Å². The summed E-state index contributed by atoms with van der Waals surface area (Å²) < 4.78 is 10.7. The second-order valence-corrected chi connectivity index (χ2v) is 5.53. The largest absolute Gasteiger partial charge is 0.490 e. The number of hydrogen-bond acceptors (Lipinski definition) is 6. The molecule has 2 aromatic carbocycles. The first kappa shape index (κ1) is 17.2. The first-order valence-corrected chi connectivity index (χ1v) is 7.63. The highest BCUT2D eigenvalue weighted by Crippen LogP contribution is 2.24. The summed E-state index contributed by atoms with van der Waals surface area (Å²) in [6.45, 7) is 0.339. The fourth-order valence-electron chi connectivity index (χ4n) is 2.46. The maximum absolute atomic E-state index is 12.0. The number of nitro benzene ring substituents is 1. The number of hydrogen-bond donors (Lipinski definition) is 1. The second kappa shape index (κ2) is 7.09. The molecule has 1 heterocycles. The molecule has 3 rings (SSSR count). The molecule has 0 bridgehead atoms. The maximum Gasteiger partial charge on any atom is 0.414 e. The summed E-state index contributed by atoms with van der Waals surface area (Å²) in [7, 11) is 0. The van der Waals surface area contributed by atoms with Crippen LogP contribution in [0.25, 0.3) is 0 Å². The van der Waals surface area contributed by atoms with Crippen molar-refractivity contribution in [3.8, 4) is 5.75 Å². The Morgan fingerprint density at radius 3 is 2.46 bits per heavy atom. The van der Waals surface area contributed by atoms with Gasteiger partial charge in [0.05, 0.1) is 17.0 Å². The SMILES string of the molecule is O=C(O)c1ccc(OCC2CN(c3ccc([N+](=O)[O-])cc3)C(=O)O2)cc1. The first-order chi connectivity index (χ1) is 12.4. The number of carbonyl (C=O) groups excluding carboxylic acids is 1. The average molecular weight is 358 g/mol. The molecular formula is C17H14N2O7. The Morgan fingerprint density at radius 1 is 1.23 bits per heavy atom. The molecular weight excluding hydrogens is 344 g/mol. The molecule has 1 amide bonds. The van der Waals surface area contributed by atoms with Crippen molar-refractivity contribution in [1.29, 1.82) is 0 Å². The normalized spacial score (nSPS) is 16.2. The van der Waals surface area contributed by atoms with Crippen molar-refractivity contribution in [2.24, 2.45) is 0 Å². The summed E-state index contributed by atoms with van der Waals surface area (Å²) in [4.78, 5) is 34.3. The number of aromatic carboxylic acids is 1. The number of rotatable bonds is 6. The van der Waals surface area contributed by atoms with E-state index in [2.05, 4.69) is 0 Å². The summed E-state index contributed by atoms with van der Waals surface area (Å²) in [5, 5.41) is 19.5. The molecule has 134 valence electrons. The van der Waals surface area contributed by atoms with E-state index < -0.39 is 23.1 Å². The fraction of sp³-hybridized carbons (Fsp3) is 0.176. The van der Waals surface area contributed by atoms with E-state index in [4.69, 9.17) is 14.6 Å². The molecule has 1 atom stereocenters. The van der Waals surface area contributed by atoms with Crippen LogP contribution >= 0.6 is 0 Å². The molecule has 2 aromatic rings. The Labute approximate surface area is 147 Å². The zero-order valence-electron chi connectivity index (χ0n) is 13.4. The number of cyclic esters (lactones) is 1. The zero-order valence-corrected chi connectivity index (χ0v) is 13.4. The number of carboxylic acids is 1. The number of non-ortho nitro benzene ring substituents is 1. The molecule has 0 spiro atoms. The van der Waals surface area contributed by atoms with Crippen LogP contribution in [0.2, 0.25) is 0 Å². The van der Waals surface area contributed by atoms with Crippen molar-refractivity contribution in [3.63, 3.8) is 0 Å². The third-order valence-electron chi connectivity index (χ3n) is 3.78. The minimum absolute atomic E-state index is 0.0639. The highest BCUT2D eigenvalue weighted by molar-refractivity contribution is 5.90. The first-order valence-electron chi connectivity index (χ1n) is 7.63. The van der Waals surface area contributed by atoms with Crippen molar-refractivity contribution in [2.45, 2.75) is 6.10 Å². The number of amides is 1. The van der Waals surface area contributed by atoms with Gasteiger partial charge in [0, 0.05) is 17.8 Å². The van der Waals surface area contributed by atoms with Crippen LogP contribution in [0.15, 0.2) is 48.5 Å². The van der Waals surface area contributed by atoms with E-state index in [9.17, 15) is 19.7 Å². The number of nitro groups is 1. The van der Waals surface area contributed by atoms with Gasteiger partial charge in [0.15, 0.2) is 6.10 Å². The lowest BCUT2D eigenvalue weighted by molar-refractivity contribution is -0.384. The molecule has 26 heavy (non-hydrogen) atoms. The lowest BCUT2D eigenvalue weighted by Gasteiger charge is -2.13. The molecule has 9 nitrogen and oxygen atoms in total. The van der Waals surface area contributed by atoms with Crippen LogP contribution in [0.4, 0.5) is 16.2 Å². The summed E-state index contributed by atoms with van der Waals surface area (Å²) >= 11 is 0. The highest BCUT2D eigenvalue weighted by Gasteiger charge is 2.33. The van der Waals surface area contributed by atoms with Crippen LogP contribution in [0, 0.1) is 10.1 Å². The highest BCUT2D eigenvalue weighted by atomic mass is 16.6. The Kier molecular flexibility index (Phi) is 4.70. The molecule has 1 fully saturated rings.